The molecule has 7 heteroatoms. The molecule has 4 nitrogen and oxygen atoms in total. The van der Waals surface area contributed by atoms with Gasteiger partial charge in [0.2, 0.25) is 0 Å². The SMILES string of the molecule is O=C(c1ccccc1F)N(c1cccc(Cl)c1)[C@H]1C=CS(=O)(=O)C1. The Hall–Kier alpha value is -2.18. The van der Waals surface area contributed by atoms with E-state index < -0.39 is 27.6 Å². The summed E-state index contributed by atoms with van der Waals surface area (Å²) in [5, 5.41) is 1.47. The molecule has 1 amide bonds. The molecule has 0 saturated heterocycles. The number of nitrogens with zero attached hydrogens (tertiary/aromatic N) is 1. The van der Waals surface area contributed by atoms with Crippen molar-refractivity contribution in [2.45, 2.75) is 6.04 Å². The van der Waals surface area contributed by atoms with E-state index in [0.717, 1.165) is 5.41 Å². The molecule has 0 saturated carbocycles. The lowest BCUT2D eigenvalue weighted by Gasteiger charge is -2.28. The van der Waals surface area contributed by atoms with E-state index in [0.29, 0.717) is 10.7 Å². The Balaban J connectivity index is 2.07. The van der Waals surface area contributed by atoms with Gasteiger partial charge in [-0.2, -0.15) is 0 Å². The van der Waals surface area contributed by atoms with Crippen molar-refractivity contribution in [3.05, 3.63) is 76.4 Å². The van der Waals surface area contributed by atoms with Crippen LogP contribution in [0.1, 0.15) is 10.4 Å². The second kappa shape index (κ2) is 6.37. The number of hydrogen-bond donors (Lipinski definition) is 0. The average Bonchev–Trinajstić information content (AvgIpc) is 2.87. The molecule has 0 fully saturated rings. The third kappa shape index (κ3) is 3.34. The van der Waals surface area contributed by atoms with Crippen LogP contribution in [-0.4, -0.2) is 26.1 Å². The van der Waals surface area contributed by atoms with Crippen molar-refractivity contribution in [3.8, 4) is 0 Å². The lowest BCUT2D eigenvalue weighted by atomic mass is 10.1. The van der Waals surface area contributed by atoms with Gasteiger partial charge < -0.3 is 4.90 Å². The third-order valence-corrected chi connectivity index (χ3v) is 5.27. The normalized spacial score (nSPS) is 18.5. The van der Waals surface area contributed by atoms with Crippen molar-refractivity contribution in [1.82, 2.24) is 0 Å². The average molecular weight is 366 g/mol. The van der Waals surface area contributed by atoms with Crippen LogP contribution in [0.4, 0.5) is 10.1 Å². The van der Waals surface area contributed by atoms with E-state index in [1.807, 2.05) is 0 Å². The molecule has 2 aromatic rings. The van der Waals surface area contributed by atoms with Crippen molar-refractivity contribution in [2.24, 2.45) is 0 Å². The molecule has 1 aliphatic rings. The molecule has 1 heterocycles. The van der Waals surface area contributed by atoms with Gasteiger partial charge in [0.15, 0.2) is 9.84 Å². The second-order valence-electron chi connectivity index (χ2n) is 5.36. The zero-order valence-corrected chi connectivity index (χ0v) is 14.0. The van der Waals surface area contributed by atoms with Gasteiger partial charge in [-0.3, -0.25) is 4.79 Å². The first-order valence-electron chi connectivity index (χ1n) is 7.12. The van der Waals surface area contributed by atoms with Crippen molar-refractivity contribution in [3.63, 3.8) is 0 Å². The van der Waals surface area contributed by atoms with E-state index in [1.54, 1.807) is 30.3 Å². The number of carbonyl (C=O) groups is 1. The Bertz CT molecular complexity index is 927. The third-order valence-electron chi connectivity index (χ3n) is 3.65. The molecule has 0 spiro atoms. The molecule has 24 heavy (non-hydrogen) atoms. The topological polar surface area (TPSA) is 54.5 Å². The van der Waals surface area contributed by atoms with Crippen molar-refractivity contribution in [1.29, 1.82) is 0 Å². The Kier molecular flexibility index (Phi) is 4.43. The molecular formula is C17H13ClFNO3S. The van der Waals surface area contributed by atoms with E-state index in [-0.39, 0.29) is 11.3 Å². The summed E-state index contributed by atoms with van der Waals surface area (Å²) < 4.78 is 37.5. The summed E-state index contributed by atoms with van der Waals surface area (Å²) in [5.41, 5.74) is 0.276. The first-order chi connectivity index (χ1) is 11.4. The van der Waals surface area contributed by atoms with Crippen LogP contribution in [0.15, 0.2) is 60.0 Å². The molecule has 0 unspecified atom stereocenters. The summed E-state index contributed by atoms with van der Waals surface area (Å²) in [4.78, 5) is 14.1. The van der Waals surface area contributed by atoms with Gasteiger partial charge in [0.1, 0.15) is 5.82 Å². The van der Waals surface area contributed by atoms with Gasteiger partial charge in [-0.05, 0) is 36.4 Å². The minimum absolute atomic E-state index is 0.129. The largest absolute Gasteiger partial charge is 0.300 e. The fourth-order valence-corrected chi connectivity index (χ4v) is 4.02. The molecule has 1 aliphatic heterocycles. The minimum Gasteiger partial charge on any atom is -0.300 e. The molecule has 0 aromatic heterocycles. The summed E-state index contributed by atoms with van der Waals surface area (Å²) in [6.45, 7) is 0. The number of carbonyl (C=O) groups excluding carboxylic acids is 1. The highest BCUT2D eigenvalue weighted by atomic mass is 35.5. The fourth-order valence-electron chi connectivity index (χ4n) is 2.57. The first-order valence-corrected chi connectivity index (χ1v) is 9.21. The van der Waals surface area contributed by atoms with E-state index >= 15 is 0 Å². The van der Waals surface area contributed by atoms with Gasteiger partial charge in [-0.15, -0.1) is 0 Å². The van der Waals surface area contributed by atoms with Gasteiger partial charge in [0, 0.05) is 16.1 Å². The molecule has 0 N–H and O–H groups in total. The molecule has 0 aliphatic carbocycles. The summed E-state index contributed by atoms with van der Waals surface area (Å²) in [5.74, 6) is -1.54. The van der Waals surface area contributed by atoms with Crippen LogP contribution in [-0.2, 0) is 9.84 Å². The van der Waals surface area contributed by atoms with E-state index in [2.05, 4.69) is 0 Å². The Morgan fingerprint density at radius 2 is 1.92 bits per heavy atom. The van der Waals surface area contributed by atoms with Crippen LogP contribution >= 0.6 is 11.6 Å². The number of rotatable bonds is 3. The van der Waals surface area contributed by atoms with Gasteiger partial charge in [-0.25, -0.2) is 12.8 Å². The summed E-state index contributed by atoms with van der Waals surface area (Å²) in [6.07, 6.45) is 1.43. The van der Waals surface area contributed by atoms with Crippen molar-refractivity contribution >= 4 is 33.0 Å². The van der Waals surface area contributed by atoms with Crippen molar-refractivity contribution < 1.29 is 17.6 Å². The maximum atomic E-state index is 14.0. The van der Waals surface area contributed by atoms with Crippen LogP contribution < -0.4 is 4.90 Å². The van der Waals surface area contributed by atoms with E-state index in [4.69, 9.17) is 11.6 Å². The highest BCUT2D eigenvalue weighted by Crippen LogP contribution is 2.27. The molecule has 0 bridgehead atoms. The number of halogens is 2. The molecule has 0 radical (unpaired) electrons. The lowest BCUT2D eigenvalue weighted by molar-refractivity contribution is 0.0979. The Morgan fingerprint density at radius 3 is 2.54 bits per heavy atom. The first kappa shape index (κ1) is 16.7. The highest BCUT2D eigenvalue weighted by Gasteiger charge is 2.33. The highest BCUT2D eigenvalue weighted by molar-refractivity contribution is 7.94. The smallest absolute Gasteiger partial charge is 0.261 e. The van der Waals surface area contributed by atoms with Gasteiger partial charge in [0.25, 0.3) is 5.91 Å². The second-order valence-corrected chi connectivity index (χ2v) is 7.73. The van der Waals surface area contributed by atoms with Crippen LogP contribution in [0, 0.1) is 5.82 Å². The quantitative estimate of drug-likeness (QED) is 0.837. The summed E-state index contributed by atoms with van der Waals surface area (Å²) >= 11 is 5.99. The minimum atomic E-state index is -3.39. The van der Waals surface area contributed by atoms with Crippen molar-refractivity contribution in [2.75, 3.05) is 10.7 Å². The maximum Gasteiger partial charge on any atom is 0.261 e. The van der Waals surface area contributed by atoms with E-state index in [9.17, 15) is 17.6 Å². The number of sulfone groups is 1. The fraction of sp³-hybridized carbons (Fsp3) is 0.118. The van der Waals surface area contributed by atoms with Crippen LogP contribution in [0.5, 0.6) is 0 Å². The van der Waals surface area contributed by atoms with Crippen LogP contribution in [0.3, 0.4) is 0 Å². The molecule has 1 atom stereocenters. The zero-order valence-electron chi connectivity index (χ0n) is 12.4. The Labute approximate surface area is 144 Å². The number of amides is 1. The predicted octanol–water partition coefficient (Wildman–Crippen LogP) is 3.44. The number of benzene rings is 2. The van der Waals surface area contributed by atoms with Crippen LogP contribution in [0.25, 0.3) is 0 Å². The van der Waals surface area contributed by atoms with Gasteiger partial charge in [-0.1, -0.05) is 29.8 Å². The standard InChI is InChI=1S/C17H13ClFNO3S/c18-12-4-3-5-13(10-12)20(14-8-9-24(22,23)11-14)17(21)15-6-1-2-7-16(15)19/h1-10,14H,11H2/t14-/m0/s1. The molecule has 3 rings (SSSR count). The molecular weight excluding hydrogens is 353 g/mol. The lowest BCUT2D eigenvalue weighted by Crippen LogP contribution is -2.41. The predicted molar refractivity (Wildman–Crippen MR) is 91.4 cm³/mol. The number of anilines is 1. The monoisotopic (exact) mass is 365 g/mol. The van der Waals surface area contributed by atoms with Gasteiger partial charge in [0.05, 0.1) is 17.4 Å². The summed E-state index contributed by atoms with van der Waals surface area (Å²) in [6, 6.07) is 11.3. The summed E-state index contributed by atoms with van der Waals surface area (Å²) in [7, 11) is -3.39. The van der Waals surface area contributed by atoms with E-state index in [1.165, 1.54) is 29.2 Å². The maximum absolute atomic E-state index is 14.0. The van der Waals surface area contributed by atoms with Gasteiger partial charge >= 0.3 is 0 Å². The van der Waals surface area contributed by atoms with Crippen LogP contribution in [0.2, 0.25) is 5.02 Å². The Morgan fingerprint density at radius 1 is 1.17 bits per heavy atom. The molecule has 2 aromatic carbocycles. The number of hydrogen-bond acceptors (Lipinski definition) is 3. The zero-order chi connectivity index (χ0) is 17.3. The molecule has 124 valence electrons.